The van der Waals surface area contributed by atoms with Crippen molar-refractivity contribution in [1.29, 1.82) is 0 Å². The molecule has 2 rings (SSSR count). The minimum absolute atomic E-state index is 0.0579. The fraction of sp³-hybridized carbons (Fsp3) is 0.154. The molecule has 0 aliphatic rings. The van der Waals surface area contributed by atoms with Crippen molar-refractivity contribution in [2.75, 3.05) is 12.3 Å². The second-order valence-corrected chi connectivity index (χ2v) is 4.18. The maximum atomic E-state index is 13.5. The second kappa shape index (κ2) is 6.23. The van der Waals surface area contributed by atoms with Crippen LogP contribution >= 0.6 is 0 Å². The normalized spacial score (nSPS) is 12.0. The highest BCUT2D eigenvalue weighted by molar-refractivity contribution is 5.96. The molecule has 1 heterocycles. The molecule has 2 aromatic rings. The minimum Gasteiger partial charge on any atom is -0.386 e. The van der Waals surface area contributed by atoms with Crippen LogP contribution in [0.5, 0.6) is 0 Å². The smallest absolute Gasteiger partial charge is 0.273 e. The first kappa shape index (κ1) is 14.8. The van der Waals surface area contributed by atoms with Crippen molar-refractivity contribution in [3.63, 3.8) is 0 Å². The summed E-state index contributed by atoms with van der Waals surface area (Å²) >= 11 is 0. The summed E-state index contributed by atoms with van der Waals surface area (Å²) < 4.78 is 26.2. The number of halogens is 2. The summed E-state index contributed by atoms with van der Waals surface area (Å²) in [6.45, 7) is -0.280. The van der Waals surface area contributed by atoms with Gasteiger partial charge in [-0.15, -0.1) is 0 Å². The Balaban J connectivity index is 2.02. The molecule has 110 valence electrons. The molecule has 4 N–H and O–H groups in total. The van der Waals surface area contributed by atoms with Gasteiger partial charge in [-0.1, -0.05) is 6.07 Å². The van der Waals surface area contributed by atoms with Gasteiger partial charge in [0.25, 0.3) is 5.91 Å². The summed E-state index contributed by atoms with van der Waals surface area (Å²) in [4.78, 5) is 19.2. The molecule has 6 nitrogen and oxygen atoms in total. The summed E-state index contributed by atoms with van der Waals surface area (Å²) in [6.07, 6.45) is 1.29. The van der Waals surface area contributed by atoms with Crippen molar-refractivity contribution in [3.8, 4) is 0 Å². The number of aromatic nitrogens is 2. The number of carbonyl (C=O) groups is 1. The van der Waals surface area contributed by atoms with Gasteiger partial charge in [0, 0.05) is 30.6 Å². The summed E-state index contributed by atoms with van der Waals surface area (Å²) in [5.74, 6) is -2.35. The Morgan fingerprint density at radius 2 is 2.05 bits per heavy atom. The predicted octanol–water partition coefficient (Wildman–Crippen LogP) is 0.800. The highest BCUT2D eigenvalue weighted by Crippen LogP contribution is 2.17. The topological polar surface area (TPSA) is 101 Å². The van der Waals surface area contributed by atoms with E-state index in [4.69, 9.17) is 5.73 Å². The number of aliphatic hydroxyl groups is 1. The van der Waals surface area contributed by atoms with E-state index in [-0.39, 0.29) is 23.6 Å². The summed E-state index contributed by atoms with van der Waals surface area (Å²) in [5.41, 5.74) is 5.27. The van der Waals surface area contributed by atoms with E-state index in [2.05, 4.69) is 15.3 Å². The first-order valence-electron chi connectivity index (χ1n) is 5.96. The molecule has 0 saturated carbocycles. The number of aliphatic hydroxyl groups excluding tert-OH is 1. The molecule has 1 atom stereocenters. The van der Waals surface area contributed by atoms with Crippen molar-refractivity contribution >= 4 is 11.7 Å². The van der Waals surface area contributed by atoms with E-state index in [0.29, 0.717) is 6.07 Å². The van der Waals surface area contributed by atoms with E-state index in [0.717, 1.165) is 12.1 Å². The molecule has 1 aromatic carbocycles. The first-order valence-corrected chi connectivity index (χ1v) is 5.96. The number of nitrogens with one attached hydrogen (secondary N) is 1. The van der Waals surface area contributed by atoms with Crippen LogP contribution in [0.4, 0.5) is 14.6 Å². The third kappa shape index (κ3) is 3.48. The minimum atomic E-state index is -1.33. The molecular formula is C13H12F2N4O2. The molecule has 0 bridgehead atoms. The average Bonchev–Trinajstić information content (AvgIpc) is 2.45. The Hall–Kier alpha value is -2.61. The van der Waals surface area contributed by atoms with Crippen molar-refractivity contribution in [3.05, 3.63) is 53.5 Å². The maximum Gasteiger partial charge on any atom is 0.273 e. The van der Waals surface area contributed by atoms with Crippen LogP contribution in [0.15, 0.2) is 30.6 Å². The Bertz CT molecular complexity index is 666. The van der Waals surface area contributed by atoms with Gasteiger partial charge in [-0.3, -0.25) is 4.79 Å². The number of hydrogen-bond acceptors (Lipinski definition) is 5. The molecule has 1 aromatic heterocycles. The third-order valence-electron chi connectivity index (χ3n) is 2.72. The van der Waals surface area contributed by atoms with Crippen molar-refractivity contribution < 1.29 is 18.7 Å². The number of nitrogens with two attached hydrogens (primary N) is 1. The van der Waals surface area contributed by atoms with Crippen LogP contribution in [0.25, 0.3) is 0 Å². The lowest BCUT2D eigenvalue weighted by atomic mass is 10.1. The molecule has 1 amide bonds. The van der Waals surface area contributed by atoms with Gasteiger partial charge >= 0.3 is 0 Å². The number of benzene rings is 1. The molecule has 0 fully saturated rings. The average molecular weight is 294 g/mol. The molecule has 8 heteroatoms. The van der Waals surface area contributed by atoms with Gasteiger partial charge in [0.2, 0.25) is 0 Å². The Kier molecular flexibility index (Phi) is 4.39. The lowest BCUT2D eigenvalue weighted by Crippen LogP contribution is -2.30. The van der Waals surface area contributed by atoms with Gasteiger partial charge in [-0.2, -0.15) is 0 Å². The lowest BCUT2D eigenvalue weighted by molar-refractivity contribution is 0.0909. The van der Waals surface area contributed by atoms with E-state index in [1.807, 2.05) is 0 Å². The molecule has 0 unspecified atom stereocenters. The van der Waals surface area contributed by atoms with Crippen LogP contribution < -0.4 is 11.1 Å². The maximum absolute atomic E-state index is 13.5. The zero-order valence-corrected chi connectivity index (χ0v) is 10.8. The highest BCUT2D eigenvalue weighted by atomic mass is 19.1. The van der Waals surface area contributed by atoms with Crippen LogP contribution in [-0.4, -0.2) is 27.5 Å². The van der Waals surface area contributed by atoms with Crippen LogP contribution in [0, 0.1) is 11.6 Å². The number of amides is 1. The lowest BCUT2D eigenvalue weighted by Gasteiger charge is -2.13. The monoisotopic (exact) mass is 294 g/mol. The number of nitrogen functional groups attached to an aromatic ring is 1. The fourth-order valence-electron chi connectivity index (χ4n) is 1.68. The zero-order chi connectivity index (χ0) is 15.4. The van der Waals surface area contributed by atoms with Gasteiger partial charge in [0.15, 0.2) is 11.5 Å². The van der Waals surface area contributed by atoms with Gasteiger partial charge in [-0.25, -0.2) is 18.7 Å². The molecule has 21 heavy (non-hydrogen) atoms. The third-order valence-corrected chi connectivity index (χ3v) is 2.72. The summed E-state index contributed by atoms with van der Waals surface area (Å²) in [7, 11) is 0. The summed E-state index contributed by atoms with van der Waals surface area (Å²) in [6, 6.07) is 2.78. The summed E-state index contributed by atoms with van der Waals surface area (Å²) in [5, 5.41) is 12.2. The van der Waals surface area contributed by atoms with E-state index in [1.54, 1.807) is 0 Å². The van der Waals surface area contributed by atoms with Gasteiger partial charge in [0.05, 0.1) is 6.10 Å². The molecule has 0 radical (unpaired) electrons. The standard InChI is InChI=1S/C13H12F2N4O2/c14-7-1-2-8(9(15)5-7)10(20)6-19-13(21)11-12(16)18-4-3-17-11/h1-5,10,20H,6H2,(H2,16,18)(H,19,21)/t10-/m1/s1. The zero-order valence-electron chi connectivity index (χ0n) is 10.8. The number of hydrogen-bond donors (Lipinski definition) is 3. The van der Waals surface area contributed by atoms with Gasteiger partial charge < -0.3 is 16.2 Å². The Morgan fingerprint density at radius 1 is 1.33 bits per heavy atom. The van der Waals surface area contributed by atoms with E-state index < -0.39 is 23.6 Å². The van der Waals surface area contributed by atoms with E-state index in [1.165, 1.54) is 12.4 Å². The molecule has 0 saturated heterocycles. The van der Waals surface area contributed by atoms with Crippen molar-refractivity contribution in [2.24, 2.45) is 0 Å². The van der Waals surface area contributed by atoms with Crippen molar-refractivity contribution in [1.82, 2.24) is 15.3 Å². The largest absolute Gasteiger partial charge is 0.386 e. The molecule has 0 spiro atoms. The molecule has 0 aliphatic heterocycles. The van der Waals surface area contributed by atoms with E-state index in [9.17, 15) is 18.7 Å². The van der Waals surface area contributed by atoms with E-state index >= 15 is 0 Å². The number of rotatable bonds is 4. The highest BCUT2D eigenvalue weighted by Gasteiger charge is 2.17. The van der Waals surface area contributed by atoms with Crippen molar-refractivity contribution in [2.45, 2.75) is 6.10 Å². The Morgan fingerprint density at radius 3 is 2.71 bits per heavy atom. The Labute approximate surface area is 118 Å². The molecule has 0 aliphatic carbocycles. The predicted molar refractivity (Wildman–Crippen MR) is 70.1 cm³/mol. The number of carbonyl (C=O) groups excluding carboxylic acids is 1. The van der Waals surface area contributed by atoms with Crippen LogP contribution in [0.2, 0.25) is 0 Å². The number of nitrogens with zero attached hydrogens (tertiary/aromatic N) is 2. The molecular weight excluding hydrogens is 282 g/mol. The quantitative estimate of drug-likeness (QED) is 0.774. The second-order valence-electron chi connectivity index (χ2n) is 4.18. The van der Waals surface area contributed by atoms with Gasteiger partial charge in [0.1, 0.15) is 11.6 Å². The SMILES string of the molecule is Nc1nccnc1C(=O)NC[C@@H](O)c1ccc(F)cc1F. The van der Waals surface area contributed by atoms with Gasteiger partial charge in [-0.05, 0) is 6.07 Å². The van der Waals surface area contributed by atoms with Crippen LogP contribution in [0.3, 0.4) is 0 Å². The van der Waals surface area contributed by atoms with Crippen LogP contribution in [-0.2, 0) is 0 Å². The first-order chi connectivity index (χ1) is 9.99. The fourth-order valence-corrected chi connectivity index (χ4v) is 1.68. The number of anilines is 1. The van der Waals surface area contributed by atoms with Crippen LogP contribution in [0.1, 0.15) is 22.2 Å².